The fourth-order valence-electron chi connectivity index (χ4n) is 2.86. The lowest BCUT2D eigenvalue weighted by Crippen LogP contribution is -2.28. The zero-order chi connectivity index (χ0) is 18.7. The molecule has 1 atom stereocenters. The molecule has 0 saturated carbocycles. The molecule has 0 aliphatic rings. The first-order valence-corrected chi connectivity index (χ1v) is 9.77. The Kier molecular flexibility index (Phi) is 5.06. The molecule has 0 aliphatic heterocycles. The van der Waals surface area contributed by atoms with Crippen molar-refractivity contribution in [2.75, 3.05) is 0 Å². The average molecular weight is 368 g/mol. The molecule has 5 nitrogen and oxygen atoms in total. The van der Waals surface area contributed by atoms with Gasteiger partial charge < -0.3 is 5.32 Å². The Morgan fingerprint density at radius 3 is 2.31 bits per heavy atom. The van der Waals surface area contributed by atoms with Crippen LogP contribution in [0.4, 0.5) is 0 Å². The first kappa shape index (κ1) is 18.1. The molecule has 1 amide bonds. The van der Waals surface area contributed by atoms with Crippen molar-refractivity contribution >= 4 is 26.7 Å². The van der Waals surface area contributed by atoms with E-state index in [1.54, 1.807) is 12.1 Å². The summed E-state index contributed by atoms with van der Waals surface area (Å²) in [6.07, 6.45) is 0.282. The van der Waals surface area contributed by atoms with Gasteiger partial charge in [-0.05, 0) is 41.0 Å². The summed E-state index contributed by atoms with van der Waals surface area (Å²) in [7, 11) is -3.71. The number of nitrogens with two attached hydrogens (primary N) is 1. The monoisotopic (exact) mass is 368 g/mol. The van der Waals surface area contributed by atoms with E-state index in [-0.39, 0.29) is 23.3 Å². The highest BCUT2D eigenvalue weighted by Crippen LogP contribution is 2.18. The number of benzene rings is 3. The number of primary sulfonamides is 1. The van der Waals surface area contributed by atoms with Crippen molar-refractivity contribution in [3.05, 3.63) is 77.9 Å². The minimum atomic E-state index is -3.71. The molecule has 3 rings (SSSR count). The zero-order valence-electron chi connectivity index (χ0n) is 14.3. The standard InChI is InChI=1S/C20H20N2O3S/c1-14(16-8-10-19(11-9-16)26(21,24)25)22-20(23)13-15-6-7-17-4-2-3-5-18(17)12-15/h2-12,14H,13H2,1H3,(H,22,23)(H2,21,24,25)/t14-/m0/s1. The predicted molar refractivity (Wildman–Crippen MR) is 102 cm³/mol. The molecule has 0 saturated heterocycles. The highest BCUT2D eigenvalue weighted by atomic mass is 32.2. The number of hydrogen-bond acceptors (Lipinski definition) is 3. The number of carbonyl (C=O) groups is 1. The molecule has 3 N–H and O–H groups in total. The first-order chi connectivity index (χ1) is 12.3. The third-order valence-electron chi connectivity index (χ3n) is 4.26. The lowest BCUT2D eigenvalue weighted by Gasteiger charge is -2.15. The SMILES string of the molecule is C[C@H](NC(=O)Cc1ccc2ccccc2c1)c1ccc(S(N)(=O)=O)cc1. The van der Waals surface area contributed by atoms with Gasteiger partial charge in [0, 0.05) is 0 Å². The summed E-state index contributed by atoms with van der Waals surface area (Å²) in [4.78, 5) is 12.4. The fraction of sp³-hybridized carbons (Fsp3) is 0.150. The third-order valence-corrected chi connectivity index (χ3v) is 5.19. The van der Waals surface area contributed by atoms with Gasteiger partial charge in [-0.3, -0.25) is 4.79 Å². The minimum absolute atomic E-state index is 0.0518. The quantitative estimate of drug-likeness (QED) is 0.726. The maximum absolute atomic E-state index is 12.3. The molecule has 0 spiro atoms. The Hall–Kier alpha value is -2.70. The van der Waals surface area contributed by atoms with Gasteiger partial charge in [-0.15, -0.1) is 0 Å². The van der Waals surface area contributed by atoms with E-state index >= 15 is 0 Å². The molecule has 0 aliphatic carbocycles. The van der Waals surface area contributed by atoms with E-state index in [1.807, 2.05) is 49.4 Å². The van der Waals surface area contributed by atoms with Crippen LogP contribution in [0, 0.1) is 0 Å². The Labute approximate surface area is 152 Å². The Balaban J connectivity index is 1.66. The molecule has 0 heterocycles. The number of sulfonamides is 1. The highest BCUT2D eigenvalue weighted by molar-refractivity contribution is 7.89. The maximum atomic E-state index is 12.3. The van der Waals surface area contributed by atoms with Gasteiger partial charge in [0.1, 0.15) is 0 Å². The van der Waals surface area contributed by atoms with Gasteiger partial charge >= 0.3 is 0 Å². The van der Waals surface area contributed by atoms with Crippen molar-refractivity contribution in [1.29, 1.82) is 0 Å². The molecule has 0 fully saturated rings. The molecule has 3 aromatic carbocycles. The van der Waals surface area contributed by atoms with Gasteiger partial charge in [-0.2, -0.15) is 0 Å². The second-order valence-electron chi connectivity index (χ2n) is 6.26. The first-order valence-electron chi connectivity index (χ1n) is 8.23. The van der Waals surface area contributed by atoms with Crippen LogP contribution in [-0.2, 0) is 21.2 Å². The molecule has 0 aromatic heterocycles. The second kappa shape index (κ2) is 7.27. The van der Waals surface area contributed by atoms with Crippen molar-refractivity contribution in [3.8, 4) is 0 Å². The van der Waals surface area contributed by atoms with Gasteiger partial charge in [0.25, 0.3) is 0 Å². The average Bonchev–Trinajstić information content (AvgIpc) is 2.61. The number of amides is 1. The lowest BCUT2D eigenvalue weighted by molar-refractivity contribution is -0.121. The molecular formula is C20H20N2O3S. The van der Waals surface area contributed by atoms with Gasteiger partial charge in [0.15, 0.2) is 0 Å². The number of rotatable bonds is 5. The van der Waals surface area contributed by atoms with E-state index in [4.69, 9.17) is 5.14 Å². The highest BCUT2D eigenvalue weighted by Gasteiger charge is 2.12. The maximum Gasteiger partial charge on any atom is 0.238 e. The van der Waals surface area contributed by atoms with Crippen LogP contribution in [0.5, 0.6) is 0 Å². The smallest absolute Gasteiger partial charge is 0.238 e. The topological polar surface area (TPSA) is 89.3 Å². The number of carbonyl (C=O) groups excluding carboxylic acids is 1. The Morgan fingerprint density at radius 1 is 1.00 bits per heavy atom. The summed E-state index contributed by atoms with van der Waals surface area (Å²) in [5.74, 6) is -0.0942. The second-order valence-corrected chi connectivity index (χ2v) is 7.82. The molecule has 3 aromatic rings. The Morgan fingerprint density at radius 2 is 1.65 bits per heavy atom. The van der Waals surface area contributed by atoms with E-state index in [2.05, 4.69) is 5.32 Å². The largest absolute Gasteiger partial charge is 0.349 e. The van der Waals surface area contributed by atoms with Crippen LogP contribution in [0.15, 0.2) is 71.6 Å². The van der Waals surface area contributed by atoms with Crippen molar-refractivity contribution in [2.24, 2.45) is 5.14 Å². The molecular weight excluding hydrogens is 348 g/mol. The summed E-state index contributed by atoms with van der Waals surface area (Å²) >= 11 is 0. The van der Waals surface area contributed by atoms with E-state index in [1.165, 1.54) is 12.1 Å². The van der Waals surface area contributed by atoms with E-state index in [9.17, 15) is 13.2 Å². The van der Waals surface area contributed by atoms with Gasteiger partial charge in [-0.1, -0.05) is 54.6 Å². The van der Waals surface area contributed by atoms with Crippen molar-refractivity contribution in [3.63, 3.8) is 0 Å². The van der Waals surface area contributed by atoms with Crippen LogP contribution in [0.2, 0.25) is 0 Å². The summed E-state index contributed by atoms with van der Waals surface area (Å²) in [5, 5.41) is 10.3. The lowest BCUT2D eigenvalue weighted by atomic mass is 10.0. The number of nitrogens with one attached hydrogen (secondary N) is 1. The molecule has 6 heteroatoms. The van der Waals surface area contributed by atoms with Crippen molar-refractivity contribution in [1.82, 2.24) is 5.32 Å². The normalized spacial score (nSPS) is 12.7. The van der Waals surface area contributed by atoms with Crippen LogP contribution >= 0.6 is 0 Å². The Bertz CT molecular complexity index is 1040. The van der Waals surface area contributed by atoms with Crippen LogP contribution in [0.3, 0.4) is 0 Å². The van der Waals surface area contributed by atoms with Gasteiger partial charge in [0.05, 0.1) is 17.4 Å². The fourth-order valence-corrected chi connectivity index (χ4v) is 3.37. The minimum Gasteiger partial charge on any atom is -0.349 e. The van der Waals surface area contributed by atoms with Gasteiger partial charge in [0.2, 0.25) is 15.9 Å². The summed E-state index contributed by atoms with van der Waals surface area (Å²) in [6.45, 7) is 1.85. The summed E-state index contributed by atoms with van der Waals surface area (Å²) in [5.41, 5.74) is 1.75. The number of fused-ring (bicyclic) bond motifs is 1. The summed E-state index contributed by atoms with van der Waals surface area (Å²) in [6, 6.07) is 19.9. The van der Waals surface area contributed by atoms with E-state index < -0.39 is 10.0 Å². The molecule has 0 unspecified atom stereocenters. The number of hydrogen-bond donors (Lipinski definition) is 2. The van der Waals surface area contributed by atoms with Crippen LogP contribution in [0.1, 0.15) is 24.1 Å². The summed E-state index contributed by atoms with van der Waals surface area (Å²) < 4.78 is 22.6. The molecule has 134 valence electrons. The van der Waals surface area contributed by atoms with Crippen LogP contribution in [0.25, 0.3) is 10.8 Å². The van der Waals surface area contributed by atoms with E-state index in [0.717, 1.165) is 21.9 Å². The van der Waals surface area contributed by atoms with Crippen LogP contribution < -0.4 is 10.5 Å². The molecule has 26 heavy (non-hydrogen) atoms. The molecule has 0 radical (unpaired) electrons. The molecule has 0 bridgehead atoms. The van der Waals surface area contributed by atoms with Crippen LogP contribution in [-0.4, -0.2) is 14.3 Å². The van der Waals surface area contributed by atoms with Crippen molar-refractivity contribution in [2.45, 2.75) is 24.3 Å². The van der Waals surface area contributed by atoms with E-state index in [0.29, 0.717) is 0 Å². The zero-order valence-corrected chi connectivity index (χ0v) is 15.2. The third kappa shape index (κ3) is 4.28. The van der Waals surface area contributed by atoms with Gasteiger partial charge in [-0.25, -0.2) is 13.6 Å². The predicted octanol–water partition coefficient (Wildman–Crippen LogP) is 2.91. The van der Waals surface area contributed by atoms with Crippen molar-refractivity contribution < 1.29 is 13.2 Å².